The van der Waals surface area contributed by atoms with E-state index in [-0.39, 0.29) is 5.43 Å². The van der Waals surface area contributed by atoms with Gasteiger partial charge >= 0.3 is 0 Å². The zero-order chi connectivity index (χ0) is 19.4. The Hall–Kier alpha value is -3.17. The van der Waals surface area contributed by atoms with E-state index in [1.807, 2.05) is 54.1 Å². The first-order valence-corrected chi connectivity index (χ1v) is 9.50. The van der Waals surface area contributed by atoms with E-state index in [2.05, 4.69) is 19.1 Å². The third-order valence-electron chi connectivity index (χ3n) is 5.29. The van der Waals surface area contributed by atoms with Crippen LogP contribution in [0.25, 0.3) is 44.0 Å². The van der Waals surface area contributed by atoms with Gasteiger partial charge in [-0.3, -0.25) is 4.79 Å². The molecule has 2 heterocycles. The molecule has 0 N–H and O–H groups in total. The van der Waals surface area contributed by atoms with Crippen molar-refractivity contribution in [1.29, 1.82) is 0 Å². The summed E-state index contributed by atoms with van der Waals surface area (Å²) in [6.07, 6.45) is 0. The fourth-order valence-corrected chi connectivity index (χ4v) is 4.13. The third kappa shape index (κ3) is 2.44. The molecule has 136 valence electrons. The lowest BCUT2D eigenvalue weighted by molar-refractivity contribution is 0.982. The number of pyridine rings is 2. The second-order valence-electron chi connectivity index (χ2n) is 7.12. The molecule has 3 aromatic carbocycles. The highest BCUT2D eigenvalue weighted by Crippen LogP contribution is 2.35. The minimum Gasteiger partial charge on any atom is -0.328 e. The summed E-state index contributed by atoms with van der Waals surface area (Å²) in [6, 6.07) is 21.6. The molecule has 5 aromatic rings. The summed E-state index contributed by atoms with van der Waals surface area (Å²) in [5.41, 5.74) is 5.39. The zero-order valence-electron chi connectivity index (χ0n) is 15.5. The highest BCUT2D eigenvalue weighted by Gasteiger charge is 2.18. The molecule has 0 unspecified atom stereocenters. The number of nitrogens with zero attached hydrogens (tertiary/aromatic N) is 2. The van der Waals surface area contributed by atoms with Crippen molar-refractivity contribution in [3.05, 3.63) is 87.5 Å². The number of benzene rings is 3. The van der Waals surface area contributed by atoms with Crippen LogP contribution in [-0.4, -0.2) is 9.55 Å². The Balaban J connectivity index is 2.13. The van der Waals surface area contributed by atoms with Gasteiger partial charge in [0.05, 0.1) is 16.4 Å². The maximum atomic E-state index is 13.6. The van der Waals surface area contributed by atoms with Crippen molar-refractivity contribution >= 4 is 44.4 Å². The highest BCUT2D eigenvalue weighted by atomic mass is 35.5. The Morgan fingerprint density at radius 1 is 0.929 bits per heavy atom. The molecule has 2 aromatic heterocycles. The van der Waals surface area contributed by atoms with Crippen molar-refractivity contribution in [3.8, 4) is 11.1 Å². The minimum atomic E-state index is -0.0413. The summed E-state index contributed by atoms with van der Waals surface area (Å²) in [7, 11) is 1.94. The molecule has 0 bridgehead atoms. The summed E-state index contributed by atoms with van der Waals surface area (Å²) < 4.78 is 1.98. The van der Waals surface area contributed by atoms with Gasteiger partial charge in [0, 0.05) is 28.4 Å². The van der Waals surface area contributed by atoms with Crippen LogP contribution in [0.5, 0.6) is 0 Å². The fraction of sp³-hybridized carbons (Fsp3) is 0.0833. The van der Waals surface area contributed by atoms with Gasteiger partial charge in [-0.2, -0.15) is 0 Å². The molecule has 0 aliphatic heterocycles. The van der Waals surface area contributed by atoms with Gasteiger partial charge in [0.25, 0.3) is 0 Å². The van der Waals surface area contributed by atoms with E-state index in [1.54, 1.807) is 12.1 Å². The molecule has 4 heteroatoms. The Morgan fingerprint density at radius 3 is 2.50 bits per heavy atom. The van der Waals surface area contributed by atoms with E-state index >= 15 is 0 Å². The summed E-state index contributed by atoms with van der Waals surface area (Å²) in [4.78, 5) is 18.5. The number of rotatable bonds is 1. The van der Waals surface area contributed by atoms with E-state index in [0.717, 1.165) is 33.1 Å². The van der Waals surface area contributed by atoms with Gasteiger partial charge in [-0.1, -0.05) is 53.6 Å². The number of halogens is 1. The van der Waals surface area contributed by atoms with Crippen molar-refractivity contribution < 1.29 is 0 Å². The first-order valence-electron chi connectivity index (χ1n) is 9.12. The molecule has 0 atom stereocenters. The summed E-state index contributed by atoms with van der Waals surface area (Å²) in [5.74, 6) is 0. The van der Waals surface area contributed by atoms with Crippen LogP contribution in [0.15, 0.2) is 71.5 Å². The van der Waals surface area contributed by atoms with Gasteiger partial charge < -0.3 is 4.57 Å². The first-order chi connectivity index (χ1) is 13.5. The maximum absolute atomic E-state index is 13.6. The molecule has 0 amide bonds. The smallest absolute Gasteiger partial charge is 0.199 e. The van der Waals surface area contributed by atoms with Gasteiger partial charge in [0.15, 0.2) is 5.43 Å². The third-order valence-corrected chi connectivity index (χ3v) is 5.53. The average Bonchev–Trinajstić information content (AvgIpc) is 2.71. The maximum Gasteiger partial charge on any atom is 0.199 e. The number of aryl methyl sites for hydroxylation is 2. The molecule has 5 rings (SSSR count). The van der Waals surface area contributed by atoms with Crippen LogP contribution >= 0.6 is 11.6 Å². The van der Waals surface area contributed by atoms with Crippen molar-refractivity contribution in [1.82, 2.24) is 9.55 Å². The van der Waals surface area contributed by atoms with Crippen LogP contribution in [0.4, 0.5) is 0 Å². The number of fused-ring (bicyclic) bond motifs is 3. The molecule has 28 heavy (non-hydrogen) atoms. The lowest BCUT2D eigenvalue weighted by atomic mass is 9.95. The number of hydrogen-bond acceptors (Lipinski definition) is 2. The van der Waals surface area contributed by atoms with Crippen molar-refractivity contribution in [2.24, 2.45) is 7.05 Å². The molecule has 3 nitrogen and oxygen atoms in total. The Morgan fingerprint density at radius 2 is 1.71 bits per heavy atom. The number of aromatic nitrogens is 2. The quantitative estimate of drug-likeness (QED) is 0.339. The summed E-state index contributed by atoms with van der Waals surface area (Å²) >= 11 is 6.20. The highest BCUT2D eigenvalue weighted by molar-refractivity contribution is 6.31. The van der Waals surface area contributed by atoms with Crippen molar-refractivity contribution in [2.45, 2.75) is 6.92 Å². The molecular weight excluding hydrogens is 368 g/mol. The molecule has 0 saturated carbocycles. The van der Waals surface area contributed by atoms with Crippen molar-refractivity contribution in [2.75, 3.05) is 0 Å². The van der Waals surface area contributed by atoms with Gasteiger partial charge in [-0.25, -0.2) is 4.98 Å². The van der Waals surface area contributed by atoms with Crippen LogP contribution < -0.4 is 5.43 Å². The topological polar surface area (TPSA) is 34.9 Å². The standard InChI is InChI=1S/C24H17ClN2O/c1-14-8-10-19-17(12-14)21(15-6-4-3-5-7-15)22-23(28)18-13-16(25)9-11-20(18)27(2)24(22)26-19/h3-13H,1-2H3. The van der Waals surface area contributed by atoms with Crippen LogP contribution in [0, 0.1) is 6.92 Å². The normalized spacial score (nSPS) is 11.5. The van der Waals surface area contributed by atoms with Gasteiger partial charge in [0.2, 0.25) is 0 Å². The second-order valence-corrected chi connectivity index (χ2v) is 7.56. The minimum absolute atomic E-state index is 0.0413. The van der Waals surface area contributed by atoms with Crippen LogP contribution in [0.2, 0.25) is 5.02 Å². The summed E-state index contributed by atoms with van der Waals surface area (Å²) in [6.45, 7) is 2.05. The van der Waals surface area contributed by atoms with Crippen molar-refractivity contribution in [3.63, 3.8) is 0 Å². The van der Waals surface area contributed by atoms with Gasteiger partial charge in [-0.05, 0) is 42.8 Å². The van der Waals surface area contributed by atoms with E-state index in [9.17, 15) is 4.79 Å². The largest absolute Gasteiger partial charge is 0.328 e. The van der Waals surface area contributed by atoms with Crippen LogP contribution in [0.3, 0.4) is 0 Å². The average molecular weight is 385 g/mol. The van der Waals surface area contributed by atoms with E-state index < -0.39 is 0 Å². The van der Waals surface area contributed by atoms with E-state index in [4.69, 9.17) is 16.6 Å². The molecule has 0 radical (unpaired) electrons. The Bertz CT molecular complexity index is 1450. The monoisotopic (exact) mass is 384 g/mol. The Kier molecular flexibility index (Phi) is 3.74. The SMILES string of the molecule is Cc1ccc2nc3c(c(-c4ccccc4)c2c1)c(=O)c1cc(Cl)ccc1n3C. The van der Waals surface area contributed by atoms with Crippen LogP contribution in [-0.2, 0) is 7.05 Å². The number of hydrogen-bond donors (Lipinski definition) is 0. The predicted octanol–water partition coefficient (Wildman–Crippen LogP) is 5.87. The first kappa shape index (κ1) is 17.0. The van der Waals surface area contributed by atoms with Gasteiger partial charge in [-0.15, -0.1) is 0 Å². The molecule has 0 aliphatic rings. The zero-order valence-corrected chi connectivity index (χ0v) is 16.3. The fourth-order valence-electron chi connectivity index (χ4n) is 3.96. The van der Waals surface area contributed by atoms with Crippen LogP contribution in [0.1, 0.15) is 5.56 Å². The predicted molar refractivity (Wildman–Crippen MR) is 117 cm³/mol. The second kappa shape index (κ2) is 6.18. The lowest BCUT2D eigenvalue weighted by Gasteiger charge is -2.16. The van der Waals surface area contributed by atoms with E-state index in [1.165, 1.54) is 0 Å². The summed E-state index contributed by atoms with van der Waals surface area (Å²) in [5, 5.41) is 2.77. The van der Waals surface area contributed by atoms with E-state index in [0.29, 0.717) is 21.4 Å². The molecular formula is C24H17ClN2O. The molecule has 0 saturated heterocycles. The van der Waals surface area contributed by atoms with Gasteiger partial charge in [0.1, 0.15) is 5.65 Å². The molecule has 0 fully saturated rings. The molecule has 0 aliphatic carbocycles. The molecule has 0 spiro atoms. The Labute approximate surface area is 166 Å². The lowest BCUT2D eigenvalue weighted by Crippen LogP contribution is -2.12.